The van der Waals surface area contributed by atoms with Gasteiger partial charge in [-0.15, -0.1) is 0 Å². The van der Waals surface area contributed by atoms with Gasteiger partial charge in [0.25, 0.3) is 0 Å². The highest BCUT2D eigenvalue weighted by Crippen LogP contribution is 2.64. The van der Waals surface area contributed by atoms with Crippen molar-refractivity contribution in [3.63, 3.8) is 0 Å². The lowest BCUT2D eigenvalue weighted by Gasteiger charge is -2.40. The highest BCUT2D eigenvalue weighted by Gasteiger charge is 2.65. The van der Waals surface area contributed by atoms with E-state index in [1.807, 2.05) is 13.8 Å². The fourth-order valence-corrected chi connectivity index (χ4v) is 12.6. The lowest BCUT2D eigenvalue weighted by atomic mass is 9.70. The Kier molecular flexibility index (Phi) is 5.01. The van der Waals surface area contributed by atoms with Gasteiger partial charge in [-0.05, 0) is 24.2 Å². The van der Waals surface area contributed by atoms with Crippen LogP contribution in [0.25, 0.3) is 0 Å². The summed E-state index contributed by atoms with van der Waals surface area (Å²) in [5.41, 5.74) is -1.82. The Morgan fingerprint density at radius 1 is 0.960 bits per heavy atom. The Balaban J connectivity index is 2.59. The summed E-state index contributed by atoms with van der Waals surface area (Å²) >= 11 is 0. The van der Waals surface area contributed by atoms with Crippen molar-refractivity contribution in [1.82, 2.24) is 0 Å². The fraction of sp³-hybridized carbons (Fsp3) is 0.867. The highest BCUT2D eigenvalue weighted by molar-refractivity contribution is 8.28. The molecular formula is C15H25O7S3-. The Bertz CT molecular complexity index is 847. The number of ketones is 1. The van der Waals surface area contributed by atoms with Gasteiger partial charge in [-0.3, -0.25) is 30.0 Å². The summed E-state index contributed by atoms with van der Waals surface area (Å²) in [6, 6.07) is 0. The standard InChI is InChI=1S/C15H25O7S3/c1-5-23(17,18)13(24(19,20)6-2)25(21,22)10-15-8-7-11(9-12(15)16)14(15,3)4/h11H,5-10H2,1-4H3/q-1. The number of carbonyl (C=O) groups excluding carboxylic acids is 1. The fourth-order valence-electron chi connectivity index (χ4n) is 4.31. The first-order chi connectivity index (χ1) is 11.2. The SMILES string of the molecule is CCS(=O)(=O)[C-](S(=O)(=O)CC)S(=O)(=O)CC12CCC(CC1=O)C2(C)C. The van der Waals surface area contributed by atoms with Crippen LogP contribution in [0.1, 0.15) is 47.0 Å². The van der Waals surface area contributed by atoms with E-state index in [0.29, 0.717) is 12.8 Å². The largest absolute Gasteiger partial charge is 0.299 e. The van der Waals surface area contributed by atoms with Crippen molar-refractivity contribution in [2.45, 2.75) is 47.0 Å². The van der Waals surface area contributed by atoms with Crippen LogP contribution < -0.4 is 0 Å². The summed E-state index contributed by atoms with van der Waals surface area (Å²) in [6.07, 6.45) is 1.29. The monoisotopic (exact) mass is 413 g/mol. The van der Waals surface area contributed by atoms with Crippen molar-refractivity contribution in [3.8, 4) is 0 Å². The smallest absolute Gasteiger partial charge is 0.140 e. The van der Waals surface area contributed by atoms with Crippen LogP contribution in [-0.4, -0.2) is 48.3 Å². The number of fused-ring (bicyclic) bond motifs is 2. The van der Waals surface area contributed by atoms with Crippen molar-refractivity contribution in [2.24, 2.45) is 16.7 Å². The molecule has 2 fully saturated rings. The van der Waals surface area contributed by atoms with E-state index < -0.39 is 61.5 Å². The van der Waals surface area contributed by atoms with E-state index in [9.17, 15) is 30.0 Å². The van der Waals surface area contributed by atoms with Gasteiger partial charge in [-0.1, -0.05) is 27.7 Å². The van der Waals surface area contributed by atoms with Gasteiger partial charge in [0.05, 0.1) is 29.5 Å². The van der Waals surface area contributed by atoms with E-state index in [2.05, 4.69) is 0 Å². The van der Waals surface area contributed by atoms with E-state index in [1.165, 1.54) is 13.8 Å². The van der Waals surface area contributed by atoms with Gasteiger partial charge in [-0.2, -0.15) is 0 Å². The molecule has 2 aliphatic carbocycles. The Labute approximate surface area is 150 Å². The quantitative estimate of drug-likeness (QED) is 0.573. The van der Waals surface area contributed by atoms with E-state index in [-0.39, 0.29) is 18.1 Å². The van der Waals surface area contributed by atoms with Crippen molar-refractivity contribution < 1.29 is 30.0 Å². The minimum absolute atomic E-state index is 0.0456. The molecule has 0 spiro atoms. The third-order valence-corrected chi connectivity index (χ3v) is 14.6. The molecule has 7 nitrogen and oxygen atoms in total. The molecule has 2 unspecified atom stereocenters. The number of hydrogen-bond acceptors (Lipinski definition) is 7. The molecule has 0 aliphatic heterocycles. The molecule has 2 bridgehead atoms. The summed E-state index contributed by atoms with van der Waals surface area (Å²) in [7, 11) is -13.6. The zero-order valence-electron chi connectivity index (χ0n) is 14.9. The molecular weight excluding hydrogens is 388 g/mol. The van der Waals surface area contributed by atoms with Gasteiger partial charge in [0, 0.05) is 33.0 Å². The van der Waals surface area contributed by atoms with Crippen molar-refractivity contribution in [1.29, 1.82) is 0 Å². The molecule has 0 radical (unpaired) electrons. The van der Waals surface area contributed by atoms with Crippen LogP contribution in [0.15, 0.2) is 0 Å². The highest BCUT2D eigenvalue weighted by atomic mass is 32.3. The molecule has 25 heavy (non-hydrogen) atoms. The van der Waals surface area contributed by atoms with Gasteiger partial charge in [0.2, 0.25) is 0 Å². The molecule has 0 aromatic carbocycles. The van der Waals surface area contributed by atoms with Crippen LogP contribution in [0.3, 0.4) is 0 Å². The molecule has 0 N–H and O–H groups in total. The Morgan fingerprint density at radius 2 is 1.44 bits per heavy atom. The number of Topliss-reactive ketones (excluding diaryl/α,β-unsaturated/α-hetero) is 1. The minimum atomic E-state index is -4.67. The maximum absolute atomic E-state index is 13.0. The topological polar surface area (TPSA) is 119 Å². The van der Waals surface area contributed by atoms with Gasteiger partial charge in [0.15, 0.2) is 0 Å². The summed E-state index contributed by atoms with van der Waals surface area (Å²) in [6.45, 7) is 6.02. The molecule has 0 aromatic rings. The first-order valence-electron chi connectivity index (χ1n) is 8.26. The van der Waals surface area contributed by atoms with E-state index >= 15 is 0 Å². The Hall–Kier alpha value is -0.480. The third kappa shape index (κ3) is 2.97. The number of sulfone groups is 3. The zero-order valence-corrected chi connectivity index (χ0v) is 17.4. The first-order valence-corrected chi connectivity index (χ1v) is 13.2. The summed E-state index contributed by atoms with van der Waals surface area (Å²) < 4.78 is 73.7. The lowest BCUT2D eigenvalue weighted by molar-refractivity contribution is -0.128. The Morgan fingerprint density at radius 3 is 1.76 bits per heavy atom. The van der Waals surface area contributed by atoms with Crippen LogP contribution in [0.2, 0.25) is 0 Å². The maximum atomic E-state index is 13.0. The predicted octanol–water partition coefficient (Wildman–Crippen LogP) is 1.11. The maximum Gasteiger partial charge on any atom is 0.140 e. The van der Waals surface area contributed by atoms with Crippen LogP contribution in [0.4, 0.5) is 0 Å². The average Bonchev–Trinajstić information content (AvgIpc) is 2.79. The van der Waals surface area contributed by atoms with Crippen LogP contribution in [0, 0.1) is 20.7 Å². The van der Waals surface area contributed by atoms with Gasteiger partial charge < -0.3 is 0 Å². The van der Waals surface area contributed by atoms with Crippen molar-refractivity contribution in [3.05, 3.63) is 3.91 Å². The molecule has 146 valence electrons. The van der Waals surface area contributed by atoms with Gasteiger partial charge in [0.1, 0.15) is 5.78 Å². The van der Waals surface area contributed by atoms with Crippen LogP contribution >= 0.6 is 0 Å². The minimum Gasteiger partial charge on any atom is -0.299 e. The molecule has 2 atom stereocenters. The second-order valence-corrected chi connectivity index (χ2v) is 14.6. The summed E-state index contributed by atoms with van der Waals surface area (Å²) in [4.78, 5) is 12.5. The van der Waals surface area contributed by atoms with Crippen molar-refractivity contribution >= 4 is 35.3 Å². The van der Waals surface area contributed by atoms with Crippen molar-refractivity contribution in [2.75, 3.05) is 17.3 Å². The molecule has 2 aliphatic rings. The second kappa shape index (κ2) is 6.02. The molecule has 2 saturated carbocycles. The lowest BCUT2D eigenvalue weighted by Crippen LogP contribution is -2.45. The summed E-state index contributed by atoms with van der Waals surface area (Å²) in [5.74, 6) is -2.18. The number of rotatable bonds is 7. The molecule has 10 heteroatoms. The molecule has 2 rings (SSSR count). The van der Waals surface area contributed by atoms with E-state index in [0.717, 1.165) is 0 Å². The van der Waals surface area contributed by atoms with Gasteiger partial charge >= 0.3 is 0 Å². The molecule has 0 aromatic heterocycles. The van der Waals surface area contributed by atoms with E-state index in [1.54, 1.807) is 0 Å². The average molecular weight is 414 g/mol. The molecule has 0 heterocycles. The van der Waals surface area contributed by atoms with Crippen LogP contribution in [0.5, 0.6) is 0 Å². The number of hydrogen-bond donors (Lipinski definition) is 0. The first kappa shape index (κ1) is 20.8. The van der Waals surface area contributed by atoms with Gasteiger partial charge in [-0.25, -0.2) is 0 Å². The zero-order chi connectivity index (χ0) is 19.5. The molecule has 0 saturated heterocycles. The normalized spacial score (nSPS) is 29.5. The third-order valence-electron chi connectivity index (χ3n) is 6.10. The predicted molar refractivity (Wildman–Crippen MR) is 94.5 cm³/mol. The number of carbonyl (C=O) groups is 1. The summed E-state index contributed by atoms with van der Waals surface area (Å²) in [5, 5.41) is 0. The molecule has 0 amide bonds. The van der Waals surface area contributed by atoms with E-state index in [4.69, 9.17) is 0 Å². The van der Waals surface area contributed by atoms with Crippen LogP contribution in [-0.2, 0) is 34.3 Å². The second-order valence-electron chi connectivity index (χ2n) is 7.48.